The van der Waals surface area contributed by atoms with E-state index in [0.717, 1.165) is 23.3 Å². The molecule has 0 aromatic carbocycles. The fourth-order valence-electron chi connectivity index (χ4n) is 2.02. The smallest absolute Gasteiger partial charge is 0.274 e. The average molecular weight is 324 g/mol. The summed E-state index contributed by atoms with van der Waals surface area (Å²) in [5.74, 6) is 1.16. The number of hydrogen-bond acceptors (Lipinski definition) is 4. The SMILES string of the molecule is Cn1cc(Br)cc(Nc2cc(C3CNC3)[nH]n2)c1=O. The van der Waals surface area contributed by atoms with Crippen LogP contribution < -0.4 is 16.2 Å². The Kier molecular flexibility index (Phi) is 3.16. The summed E-state index contributed by atoms with van der Waals surface area (Å²) in [6, 6.07) is 3.70. The van der Waals surface area contributed by atoms with Crippen LogP contribution in [0.5, 0.6) is 0 Å². The summed E-state index contributed by atoms with van der Waals surface area (Å²) in [5.41, 5.74) is 1.51. The third-order valence-corrected chi connectivity index (χ3v) is 3.67. The molecule has 2 aromatic rings. The lowest BCUT2D eigenvalue weighted by atomic mass is 10.00. The third-order valence-electron chi connectivity index (χ3n) is 3.23. The second-order valence-electron chi connectivity index (χ2n) is 4.68. The average Bonchev–Trinajstić information content (AvgIpc) is 2.71. The molecule has 0 atom stereocenters. The van der Waals surface area contributed by atoms with Gasteiger partial charge in [-0.15, -0.1) is 0 Å². The van der Waals surface area contributed by atoms with E-state index in [1.54, 1.807) is 19.3 Å². The molecule has 2 aromatic heterocycles. The van der Waals surface area contributed by atoms with Crippen molar-refractivity contribution in [1.29, 1.82) is 0 Å². The van der Waals surface area contributed by atoms with Gasteiger partial charge in [-0.25, -0.2) is 0 Å². The molecule has 1 aliphatic rings. The van der Waals surface area contributed by atoms with Gasteiger partial charge in [0.2, 0.25) is 0 Å². The van der Waals surface area contributed by atoms with Crippen LogP contribution in [0, 0.1) is 0 Å². The van der Waals surface area contributed by atoms with Crippen LogP contribution in [0.15, 0.2) is 27.6 Å². The van der Waals surface area contributed by atoms with Crippen molar-refractivity contribution in [2.45, 2.75) is 5.92 Å². The van der Waals surface area contributed by atoms with Crippen LogP contribution in [0.1, 0.15) is 11.6 Å². The van der Waals surface area contributed by atoms with Crippen LogP contribution in [-0.4, -0.2) is 27.9 Å². The minimum absolute atomic E-state index is 0.0851. The quantitative estimate of drug-likeness (QED) is 0.796. The molecule has 0 unspecified atom stereocenters. The Hall–Kier alpha value is -1.60. The van der Waals surface area contributed by atoms with Crippen LogP contribution in [0.4, 0.5) is 11.5 Å². The number of anilines is 2. The van der Waals surface area contributed by atoms with Crippen molar-refractivity contribution in [2.75, 3.05) is 18.4 Å². The molecule has 0 amide bonds. The Morgan fingerprint density at radius 1 is 1.47 bits per heavy atom. The summed E-state index contributed by atoms with van der Waals surface area (Å²) in [6.07, 6.45) is 1.73. The highest BCUT2D eigenvalue weighted by molar-refractivity contribution is 9.10. The summed E-state index contributed by atoms with van der Waals surface area (Å²) in [6.45, 7) is 1.95. The summed E-state index contributed by atoms with van der Waals surface area (Å²) < 4.78 is 2.37. The Balaban J connectivity index is 1.84. The molecule has 6 nitrogen and oxygen atoms in total. The van der Waals surface area contributed by atoms with Crippen LogP contribution in [0.3, 0.4) is 0 Å². The Morgan fingerprint density at radius 2 is 2.26 bits per heavy atom. The number of nitrogens with one attached hydrogen (secondary N) is 3. The second-order valence-corrected chi connectivity index (χ2v) is 5.59. The van der Waals surface area contributed by atoms with Crippen LogP contribution in [0.2, 0.25) is 0 Å². The molecular formula is C12H14BrN5O. The van der Waals surface area contributed by atoms with E-state index >= 15 is 0 Å². The number of hydrogen-bond donors (Lipinski definition) is 3. The molecule has 19 heavy (non-hydrogen) atoms. The summed E-state index contributed by atoms with van der Waals surface area (Å²) in [4.78, 5) is 12.0. The van der Waals surface area contributed by atoms with Crippen LogP contribution >= 0.6 is 15.9 Å². The maximum absolute atomic E-state index is 12.0. The highest BCUT2D eigenvalue weighted by atomic mass is 79.9. The number of aromatic amines is 1. The van der Waals surface area contributed by atoms with E-state index in [1.165, 1.54) is 4.57 Å². The molecule has 0 radical (unpaired) electrons. The minimum Gasteiger partial charge on any atom is -0.334 e. The predicted molar refractivity (Wildman–Crippen MR) is 76.9 cm³/mol. The van der Waals surface area contributed by atoms with Gasteiger partial charge in [0.15, 0.2) is 5.82 Å². The Morgan fingerprint density at radius 3 is 2.95 bits per heavy atom. The van der Waals surface area contributed by atoms with Crippen molar-refractivity contribution in [3.8, 4) is 0 Å². The molecule has 7 heteroatoms. The number of nitrogens with zero attached hydrogens (tertiary/aromatic N) is 2. The van der Waals surface area contributed by atoms with E-state index < -0.39 is 0 Å². The van der Waals surface area contributed by atoms with E-state index in [9.17, 15) is 4.79 Å². The first-order valence-electron chi connectivity index (χ1n) is 6.02. The molecular weight excluding hydrogens is 310 g/mol. The number of pyridine rings is 1. The summed E-state index contributed by atoms with van der Waals surface area (Å²) in [5, 5.41) is 13.5. The molecule has 1 aliphatic heterocycles. The van der Waals surface area contributed by atoms with Crippen molar-refractivity contribution < 1.29 is 0 Å². The zero-order valence-corrected chi connectivity index (χ0v) is 12.0. The first kappa shape index (κ1) is 12.4. The first-order chi connectivity index (χ1) is 9.13. The predicted octanol–water partition coefficient (Wildman–Crippen LogP) is 1.30. The van der Waals surface area contributed by atoms with Gasteiger partial charge in [0.25, 0.3) is 5.56 Å². The molecule has 0 spiro atoms. The number of aromatic nitrogens is 3. The largest absolute Gasteiger partial charge is 0.334 e. The first-order valence-corrected chi connectivity index (χ1v) is 6.82. The van der Waals surface area contributed by atoms with E-state index in [0.29, 0.717) is 17.4 Å². The number of rotatable bonds is 3. The Labute approximate surface area is 118 Å². The fraction of sp³-hybridized carbons (Fsp3) is 0.333. The van der Waals surface area contributed by atoms with Crippen LogP contribution in [-0.2, 0) is 7.05 Å². The van der Waals surface area contributed by atoms with E-state index in [4.69, 9.17) is 0 Å². The van der Waals surface area contributed by atoms with Crippen LogP contribution in [0.25, 0.3) is 0 Å². The Bertz CT molecular complexity index is 658. The summed E-state index contributed by atoms with van der Waals surface area (Å²) >= 11 is 3.37. The molecule has 1 saturated heterocycles. The molecule has 1 fully saturated rings. The number of H-pyrrole nitrogens is 1. The second kappa shape index (κ2) is 4.82. The maximum atomic E-state index is 12.0. The number of halogens is 1. The van der Waals surface area contributed by atoms with Gasteiger partial charge in [0, 0.05) is 48.5 Å². The van der Waals surface area contributed by atoms with Crippen molar-refractivity contribution >= 4 is 27.4 Å². The van der Waals surface area contributed by atoms with Crippen molar-refractivity contribution in [2.24, 2.45) is 7.05 Å². The van der Waals surface area contributed by atoms with E-state index in [2.05, 4.69) is 36.8 Å². The van der Waals surface area contributed by atoms with Gasteiger partial charge in [-0.1, -0.05) is 0 Å². The van der Waals surface area contributed by atoms with E-state index in [-0.39, 0.29) is 5.56 Å². The van der Waals surface area contributed by atoms with E-state index in [1.807, 2.05) is 6.07 Å². The molecule has 0 bridgehead atoms. The van der Waals surface area contributed by atoms with Gasteiger partial charge in [-0.05, 0) is 22.0 Å². The molecule has 3 rings (SSSR count). The zero-order chi connectivity index (χ0) is 13.4. The molecule has 100 valence electrons. The van der Waals surface area contributed by atoms with Crippen molar-refractivity contribution in [3.63, 3.8) is 0 Å². The molecule has 3 heterocycles. The van der Waals surface area contributed by atoms with Gasteiger partial charge in [-0.3, -0.25) is 9.89 Å². The highest BCUT2D eigenvalue weighted by Crippen LogP contribution is 2.21. The normalized spacial score (nSPS) is 15.3. The molecule has 0 saturated carbocycles. The molecule has 3 N–H and O–H groups in total. The lowest BCUT2D eigenvalue weighted by molar-refractivity contribution is 0.439. The highest BCUT2D eigenvalue weighted by Gasteiger charge is 2.21. The lowest BCUT2D eigenvalue weighted by Gasteiger charge is -2.25. The van der Waals surface area contributed by atoms with Gasteiger partial charge in [0.05, 0.1) is 0 Å². The van der Waals surface area contributed by atoms with Gasteiger partial charge in [0.1, 0.15) is 5.69 Å². The zero-order valence-electron chi connectivity index (χ0n) is 10.4. The summed E-state index contributed by atoms with van der Waals surface area (Å²) in [7, 11) is 1.72. The lowest BCUT2D eigenvalue weighted by Crippen LogP contribution is -2.40. The number of aryl methyl sites for hydroxylation is 1. The van der Waals surface area contributed by atoms with Gasteiger partial charge in [-0.2, -0.15) is 5.10 Å². The third kappa shape index (κ3) is 2.43. The maximum Gasteiger partial charge on any atom is 0.274 e. The molecule has 0 aliphatic carbocycles. The standard InChI is InChI=1S/C12H14BrN5O/c1-18-6-8(13)2-10(12(18)19)15-11-3-9(16-17-11)7-4-14-5-7/h2-3,6-7,14H,4-5H2,1H3,(H2,15,16,17). The fourth-order valence-corrected chi connectivity index (χ4v) is 2.55. The minimum atomic E-state index is -0.0851. The van der Waals surface area contributed by atoms with Crippen molar-refractivity contribution in [3.05, 3.63) is 38.9 Å². The van der Waals surface area contributed by atoms with Gasteiger partial charge >= 0.3 is 0 Å². The monoisotopic (exact) mass is 323 g/mol. The van der Waals surface area contributed by atoms with Crippen molar-refractivity contribution in [1.82, 2.24) is 20.1 Å². The topological polar surface area (TPSA) is 74.7 Å². The van der Waals surface area contributed by atoms with Gasteiger partial charge < -0.3 is 15.2 Å².